The third-order valence-corrected chi connectivity index (χ3v) is 7.50. The summed E-state index contributed by atoms with van der Waals surface area (Å²) < 4.78 is 15.5. The van der Waals surface area contributed by atoms with Crippen LogP contribution in [0.1, 0.15) is 72.1 Å². The van der Waals surface area contributed by atoms with Crippen LogP contribution in [-0.2, 0) is 47.8 Å². The molecule has 0 saturated heterocycles. The maximum atomic E-state index is 12.8. The zero-order valence-corrected chi connectivity index (χ0v) is 26.2. The normalized spacial score (nSPS) is 13.8. The minimum atomic E-state index is -1.10. The van der Waals surface area contributed by atoms with E-state index in [1.165, 1.54) is 18.7 Å². The first-order valence-corrected chi connectivity index (χ1v) is 15.6. The van der Waals surface area contributed by atoms with Crippen molar-refractivity contribution in [1.82, 2.24) is 0 Å². The number of hydrogen-bond donors (Lipinski definition) is 3. The van der Waals surface area contributed by atoms with Gasteiger partial charge in [0.25, 0.3) is 0 Å². The van der Waals surface area contributed by atoms with Gasteiger partial charge in [-0.05, 0) is 13.3 Å². The van der Waals surface area contributed by atoms with Crippen LogP contribution in [0.5, 0.6) is 0 Å². The number of rotatable bonds is 27. The molecule has 0 aromatic carbocycles. The van der Waals surface area contributed by atoms with Crippen molar-refractivity contribution in [3.8, 4) is 0 Å². The molecule has 4 N–H and O–H groups in total. The quantitative estimate of drug-likeness (QED) is 0.0842. The van der Waals surface area contributed by atoms with Gasteiger partial charge in [0.05, 0.1) is 19.3 Å². The number of Topliss-reactive ketones (excluding diaryl/α,β-unsaturated/α-hetero) is 5. The van der Waals surface area contributed by atoms with Gasteiger partial charge < -0.3 is 35.0 Å². The fourth-order valence-electron chi connectivity index (χ4n) is 3.58. The van der Waals surface area contributed by atoms with E-state index in [0.29, 0.717) is 0 Å². The first-order valence-electron chi connectivity index (χ1n) is 14.4. The maximum Gasteiger partial charge on any atom is 0.305 e. The number of esters is 2. The summed E-state index contributed by atoms with van der Waals surface area (Å²) in [6, 6.07) is -0.989. The molecular weight excluding hydrogens is 586 g/mol. The van der Waals surface area contributed by atoms with Crippen LogP contribution in [0.4, 0.5) is 0 Å². The molecule has 4 atom stereocenters. The zero-order valence-electron chi connectivity index (χ0n) is 25.4. The van der Waals surface area contributed by atoms with Gasteiger partial charge >= 0.3 is 11.9 Å². The van der Waals surface area contributed by atoms with Crippen molar-refractivity contribution in [3.63, 3.8) is 0 Å². The minimum Gasteiger partial charge on any atom is -0.462 e. The van der Waals surface area contributed by atoms with E-state index in [-0.39, 0.29) is 100 Å². The number of aliphatic hydroxyl groups is 2. The number of hydrogen-bond acceptors (Lipinski definition) is 14. The SMILES string of the molecule is CCC(=O)OCC(CSCC(N)C(=O)CC(CO)C(=O)CC(CO)C(=O)CCCOCC(=O)CCC(C)=O)OC(=O)CC. The van der Waals surface area contributed by atoms with E-state index in [9.17, 15) is 43.8 Å². The van der Waals surface area contributed by atoms with Crippen molar-refractivity contribution < 1.29 is 58.0 Å². The molecule has 0 aliphatic carbocycles. The Labute approximate surface area is 256 Å². The van der Waals surface area contributed by atoms with E-state index in [2.05, 4.69) is 0 Å². The number of carbonyl (C=O) groups excluding carboxylic acids is 7. The van der Waals surface area contributed by atoms with Gasteiger partial charge in [0.2, 0.25) is 0 Å². The fourth-order valence-corrected chi connectivity index (χ4v) is 4.59. The molecule has 0 amide bonds. The van der Waals surface area contributed by atoms with Gasteiger partial charge in [0.1, 0.15) is 36.7 Å². The molecule has 0 heterocycles. The Morgan fingerprint density at radius 1 is 0.791 bits per heavy atom. The Hall–Kier alpha value is -2.52. The Morgan fingerprint density at radius 3 is 1.98 bits per heavy atom. The average Bonchev–Trinajstić information content (AvgIpc) is 2.98. The van der Waals surface area contributed by atoms with E-state index in [1.54, 1.807) is 13.8 Å². The summed E-state index contributed by atoms with van der Waals surface area (Å²) in [4.78, 5) is 83.5. The average molecular weight is 634 g/mol. The van der Waals surface area contributed by atoms with Gasteiger partial charge in [-0.1, -0.05) is 13.8 Å². The number of ketones is 5. The second-order valence-electron chi connectivity index (χ2n) is 10.1. The van der Waals surface area contributed by atoms with Gasteiger partial charge in [-0.2, -0.15) is 11.8 Å². The molecule has 0 bridgehead atoms. The topological polar surface area (TPSA) is 214 Å². The van der Waals surface area contributed by atoms with Gasteiger partial charge in [-0.25, -0.2) is 0 Å². The molecule has 0 fully saturated rings. The first kappa shape index (κ1) is 40.5. The van der Waals surface area contributed by atoms with Crippen LogP contribution in [0.2, 0.25) is 0 Å². The molecule has 246 valence electrons. The van der Waals surface area contributed by atoms with Crippen molar-refractivity contribution in [2.45, 2.75) is 84.3 Å². The molecule has 0 rings (SSSR count). The summed E-state index contributed by atoms with van der Waals surface area (Å²) in [7, 11) is 0. The highest BCUT2D eigenvalue weighted by molar-refractivity contribution is 7.99. The fraction of sp³-hybridized carbons (Fsp3) is 0.759. The molecule has 4 unspecified atom stereocenters. The molecule has 0 aromatic heterocycles. The van der Waals surface area contributed by atoms with Crippen molar-refractivity contribution in [1.29, 1.82) is 0 Å². The highest BCUT2D eigenvalue weighted by Crippen LogP contribution is 2.17. The molecule has 0 aliphatic rings. The third-order valence-electron chi connectivity index (χ3n) is 6.30. The Balaban J connectivity index is 4.68. The predicted molar refractivity (Wildman–Crippen MR) is 157 cm³/mol. The van der Waals surface area contributed by atoms with Crippen molar-refractivity contribution >= 4 is 52.6 Å². The summed E-state index contributed by atoms with van der Waals surface area (Å²) in [5, 5.41) is 19.4. The summed E-state index contributed by atoms with van der Waals surface area (Å²) >= 11 is 1.20. The van der Waals surface area contributed by atoms with Gasteiger partial charge in [-0.3, -0.25) is 28.8 Å². The number of carbonyl (C=O) groups is 7. The minimum absolute atomic E-state index is 0.00281. The lowest BCUT2D eigenvalue weighted by molar-refractivity contribution is -0.157. The zero-order chi connectivity index (χ0) is 32.8. The van der Waals surface area contributed by atoms with Crippen LogP contribution < -0.4 is 5.73 Å². The standard InChI is InChI=1S/C29H47NO12S/c1-4-28(38)41-16-23(42-29(39)5-2)17-43-18-24(30)27(37)12-21(14-32)26(36)11-20(13-31)25(35)7-6-10-40-15-22(34)9-8-19(3)33/h20-21,23-24,31-32H,4-18,30H2,1-3H3. The Bertz CT molecular complexity index is 925. The first-order chi connectivity index (χ1) is 20.4. The van der Waals surface area contributed by atoms with E-state index in [4.69, 9.17) is 19.9 Å². The molecule has 43 heavy (non-hydrogen) atoms. The van der Waals surface area contributed by atoms with E-state index in [1.807, 2.05) is 0 Å². The smallest absolute Gasteiger partial charge is 0.305 e. The number of nitrogens with two attached hydrogens (primary N) is 1. The lowest BCUT2D eigenvalue weighted by atomic mass is 9.88. The summed E-state index contributed by atoms with van der Waals surface area (Å²) in [5.74, 6) is -4.43. The second kappa shape index (κ2) is 23.9. The largest absolute Gasteiger partial charge is 0.462 e. The lowest BCUT2D eigenvalue weighted by Gasteiger charge is -2.20. The molecule has 0 aliphatic heterocycles. The predicted octanol–water partition coefficient (Wildman–Crippen LogP) is 0.762. The van der Waals surface area contributed by atoms with Crippen molar-refractivity contribution in [3.05, 3.63) is 0 Å². The van der Waals surface area contributed by atoms with Gasteiger partial charge in [0, 0.05) is 74.9 Å². The second-order valence-corrected chi connectivity index (χ2v) is 11.2. The van der Waals surface area contributed by atoms with E-state index < -0.39 is 60.7 Å². The molecule has 0 saturated carbocycles. The summed E-state index contributed by atoms with van der Waals surface area (Å²) in [5.41, 5.74) is 5.98. The molecular formula is C29H47NO12S. The molecule has 0 spiro atoms. The van der Waals surface area contributed by atoms with Crippen LogP contribution in [-0.4, -0.2) is 108 Å². The monoisotopic (exact) mass is 633 g/mol. The van der Waals surface area contributed by atoms with Crippen LogP contribution in [0.3, 0.4) is 0 Å². The highest BCUT2D eigenvalue weighted by Gasteiger charge is 2.29. The van der Waals surface area contributed by atoms with Crippen LogP contribution in [0, 0.1) is 11.8 Å². The Kier molecular flexibility index (Phi) is 22.5. The molecule has 0 aromatic rings. The number of ether oxygens (including phenoxy) is 3. The van der Waals surface area contributed by atoms with Crippen LogP contribution in [0.15, 0.2) is 0 Å². The van der Waals surface area contributed by atoms with E-state index in [0.717, 1.165) is 0 Å². The molecule has 0 radical (unpaired) electrons. The number of thioether (sulfide) groups is 1. The number of aliphatic hydroxyl groups excluding tert-OH is 2. The third kappa shape index (κ3) is 19.4. The van der Waals surface area contributed by atoms with Gasteiger partial charge in [0.15, 0.2) is 11.6 Å². The maximum absolute atomic E-state index is 12.8. The summed E-state index contributed by atoms with van der Waals surface area (Å²) in [6.07, 6.45) is -0.621. The summed E-state index contributed by atoms with van der Waals surface area (Å²) in [6.45, 7) is 3.23. The molecule has 14 heteroatoms. The highest BCUT2D eigenvalue weighted by atomic mass is 32.2. The van der Waals surface area contributed by atoms with Gasteiger partial charge in [-0.15, -0.1) is 0 Å². The van der Waals surface area contributed by atoms with Crippen molar-refractivity contribution in [2.75, 3.05) is 44.5 Å². The Morgan fingerprint density at radius 2 is 1.40 bits per heavy atom. The van der Waals surface area contributed by atoms with Crippen molar-refractivity contribution in [2.24, 2.45) is 17.6 Å². The lowest BCUT2D eigenvalue weighted by Crippen LogP contribution is -2.37. The van der Waals surface area contributed by atoms with Crippen LogP contribution >= 0.6 is 11.8 Å². The molecule has 13 nitrogen and oxygen atoms in total. The van der Waals surface area contributed by atoms with E-state index >= 15 is 0 Å². The van der Waals surface area contributed by atoms with Crippen LogP contribution in [0.25, 0.3) is 0 Å².